The molecule has 1 aromatic heterocycles. The summed E-state index contributed by atoms with van der Waals surface area (Å²) in [7, 11) is 1.99. The van der Waals surface area contributed by atoms with E-state index in [0.717, 1.165) is 29.1 Å². The van der Waals surface area contributed by atoms with Crippen molar-refractivity contribution in [3.63, 3.8) is 0 Å². The fourth-order valence-electron chi connectivity index (χ4n) is 2.41. The topological polar surface area (TPSA) is 34.0 Å². The summed E-state index contributed by atoms with van der Waals surface area (Å²) >= 11 is 0. The van der Waals surface area contributed by atoms with Gasteiger partial charge < -0.3 is 9.88 Å². The Bertz CT molecular complexity index is 626. The Morgan fingerprint density at radius 2 is 1.95 bits per heavy atom. The van der Waals surface area contributed by atoms with Gasteiger partial charge in [0.1, 0.15) is 0 Å². The summed E-state index contributed by atoms with van der Waals surface area (Å²) in [6.45, 7) is 6.46. The van der Waals surface area contributed by atoms with E-state index in [1.165, 1.54) is 5.56 Å². The van der Waals surface area contributed by atoms with Crippen molar-refractivity contribution in [2.45, 2.75) is 27.2 Å². The molecule has 0 spiro atoms. The fraction of sp³-hybridized carbons (Fsp3) is 0.353. The molecule has 0 fully saturated rings. The molecule has 0 saturated carbocycles. The van der Waals surface area contributed by atoms with Crippen LogP contribution in [0, 0.1) is 13.8 Å². The third kappa shape index (κ3) is 2.77. The number of hydrogen-bond acceptors (Lipinski definition) is 2. The Hall–Kier alpha value is -2.03. The molecule has 0 atom stereocenters. The molecule has 2 rings (SSSR count). The van der Waals surface area contributed by atoms with Crippen LogP contribution in [0.25, 0.3) is 0 Å². The SMILES string of the molecule is CCc1ccccc1NCC(=O)c1cc(C)n(C)c1C. The highest BCUT2D eigenvalue weighted by Gasteiger charge is 2.13. The van der Waals surface area contributed by atoms with Crippen LogP contribution in [0.15, 0.2) is 30.3 Å². The number of Topliss-reactive ketones (excluding diaryl/α,β-unsaturated/α-hetero) is 1. The molecule has 1 N–H and O–H groups in total. The maximum atomic E-state index is 12.3. The van der Waals surface area contributed by atoms with Crippen molar-refractivity contribution in [1.29, 1.82) is 0 Å². The van der Waals surface area contributed by atoms with Gasteiger partial charge in [-0.15, -0.1) is 0 Å². The molecule has 3 nitrogen and oxygen atoms in total. The van der Waals surface area contributed by atoms with E-state index < -0.39 is 0 Å². The highest BCUT2D eigenvalue weighted by Crippen LogP contribution is 2.17. The predicted molar refractivity (Wildman–Crippen MR) is 83.5 cm³/mol. The maximum absolute atomic E-state index is 12.3. The third-order valence-corrected chi connectivity index (χ3v) is 3.91. The molecule has 106 valence electrons. The second kappa shape index (κ2) is 5.95. The first-order valence-electron chi connectivity index (χ1n) is 7.02. The van der Waals surface area contributed by atoms with Crippen LogP contribution in [0.3, 0.4) is 0 Å². The minimum absolute atomic E-state index is 0.136. The number of nitrogens with one attached hydrogen (secondary N) is 1. The Morgan fingerprint density at radius 3 is 2.55 bits per heavy atom. The number of carbonyl (C=O) groups is 1. The van der Waals surface area contributed by atoms with E-state index in [1.807, 2.05) is 49.7 Å². The molecule has 1 heterocycles. The van der Waals surface area contributed by atoms with Crippen LogP contribution >= 0.6 is 0 Å². The van der Waals surface area contributed by atoms with Crippen molar-refractivity contribution in [3.8, 4) is 0 Å². The standard InChI is InChI=1S/C17H22N2O/c1-5-14-8-6-7-9-16(14)18-11-17(20)15-10-12(2)19(4)13(15)3/h6-10,18H,5,11H2,1-4H3. The van der Waals surface area contributed by atoms with E-state index in [0.29, 0.717) is 6.54 Å². The lowest BCUT2D eigenvalue weighted by atomic mass is 10.1. The Balaban J connectivity index is 2.11. The van der Waals surface area contributed by atoms with Gasteiger partial charge in [-0.3, -0.25) is 4.79 Å². The molecule has 20 heavy (non-hydrogen) atoms. The normalized spacial score (nSPS) is 10.6. The van der Waals surface area contributed by atoms with Crippen LogP contribution in [0.5, 0.6) is 0 Å². The van der Waals surface area contributed by atoms with Crippen LogP contribution in [0.2, 0.25) is 0 Å². The Labute approximate surface area is 120 Å². The molecule has 2 aromatic rings. The van der Waals surface area contributed by atoms with Gasteiger partial charge >= 0.3 is 0 Å². The second-order valence-corrected chi connectivity index (χ2v) is 5.13. The fourth-order valence-corrected chi connectivity index (χ4v) is 2.41. The summed E-state index contributed by atoms with van der Waals surface area (Å²) in [4.78, 5) is 12.3. The highest BCUT2D eigenvalue weighted by atomic mass is 16.1. The molecule has 0 aliphatic rings. The lowest BCUT2D eigenvalue weighted by Crippen LogP contribution is -2.15. The van der Waals surface area contributed by atoms with Crippen molar-refractivity contribution in [1.82, 2.24) is 4.57 Å². The number of para-hydroxylation sites is 1. The van der Waals surface area contributed by atoms with Gasteiger partial charge in [-0.1, -0.05) is 25.1 Å². The largest absolute Gasteiger partial charge is 0.377 e. The number of rotatable bonds is 5. The summed E-state index contributed by atoms with van der Waals surface area (Å²) in [5.41, 5.74) is 5.24. The van der Waals surface area contributed by atoms with E-state index in [4.69, 9.17) is 0 Å². The molecule has 0 bridgehead atoms. The molecule has 1 aromatic carbocycles. The monoisotopic (exact) mass is 270 g/mol. The number of hydrogen-bond donors (Lipinski definition) is 1. The lowest BCUT2D eigenvalue weighted by molar-refractivity contribution is 0.101. The lowest BCUT2D eigenvalue weighted by Gasteiger charge is -2.10. The van der Waals surface area contributed by atoms with E-state index in [2.05, 4.69) is 18.3 Å². The molecule has 0 aliphatic heterocycles. The van der Waals surface area contributed by atoms with Gasteiger partial charge in [-0.05, 0) is 38.0 Å². The van der Waals surface area contributed by atoms with Gasteiger partial charge in [0.15, 0.2) is 5.78 Å². The van der Waals surface area contributed by atoms with Gasteiger partial charge in [0, 0.05) is 29.7 Å². The predicted octanol–water partition coefficient (Wildman–Crippen LogP) is 3.50. The molecule has 0 unspecified atom stereocenters. The zero-order valence-corrected chi connectivity index (χ0v) is 12.7. The second-order valence-electron chi connectivity index (χ2n) is 5.13. The number of benzene rings is 1. The van der Waals surface area contributed by atoms with E-state index in [1.54, 1.807) is 0 Å². The summed E-state index contributed by atoms with van der Waals surface area (Å²) in [6.07, 6.45) is 0.959. The number of aromatic nitrogens is 1. The number of anilines is 1. The van der Waals surface area contributed by atoms with E-state index in [9.17, 15) is 4.79 Å². The quantitative estimate of drug-likeness (QED) is 0.844. The summed E-state index contributed by atoms with van der Waals surface area (Å²) < 4.78 is 2.05. The van der Waals surface area contributed by atoms with Crippen molar-refractivity contribution >= 4 is 11.5 Å². The average molecular weight is 270 g/mol. The van der Waals surface area contributed by atoms with Gasteiger partial charge in [0.2, 0.25) is 0 Å². The van der Waals surface area contributed by atoms with Crippen LogP contribution < -0.4 is 5.32 Å². The smallest absolute Gasteiger partial charge is 0.183 e. The summed E-state index contributed by atoms with van der Waals surface area (Å²) in [5, 5.41) is 3.26. The van der Waals surface area contributed by atoms with Gasteiger partial charge in [-0.2, -0.15) is 0 Å². The minimum atomic E-state index is 0.136. The third-order valence-electron chi connectivity index (χ3n) is 3.91. The zero-order chi connectivity index (χ0) is 14.7. The van der Waals surface area contributed by atoms with Gasteiger partial charge in [0.25, 0.3) is 0 Å². The van der Waals surface area contributed by atoms with Crippen LogP contribution in [-0.4, -0.2) is 16.9 Å². The molecule has 3 heteroatoms. The number of aryl methyl sites for hydroxylation is 2. The van der Waals surface area contributed by atoms with Crippen molar-refractivity contribution in [2.24, 2.45) is 7.05 Å². The first-order chi connectivity index (χ1) is 9.54. The van der Waals surface area contributed by atoms with E-state index in [-0.39, 0.29) is 5.78 Å². The summed E-state index contributed by atoms with van der Waals surface area (Å²) in [5.74, 6) is 0.136. The highest BCUT2D eigenvalue weighted by molar-refractivity contribution is 6.00. The minimum Gasteiger partial charge on any atom is -0.377 e. The van der Waals surface area contributed by atoms with Crippen LogP contribution in [0.1, 0.15) is 34.2 Å². The first kappa shape index (κ1) is 14.4. The molecule has 0 amide bonds. The molecule has 0 radical (unpaired) electrons. The number of ketones is 1. The first-order valence-corrected chi connectivity index (χ1v) is 7.02. The molecular weight excluding hydrogens is 248 g/mol. The Morgan fingerprint density at radius 1 is 1.25 bits per heavy atom. The van der Waals surface area contributed by atoms with Gasteiger partial charge in [-0.25, -0.2) is 0 Å². The molecule has 0 saturated heterocycles. The average Bonchev–Trinajstić information content (AvgIpc) is 2.72. The molecule has 0 aliphatic carbocycles. The zero-order valence-electron chi connectivity index (χ0n) is 12.7. The van der Waals surface area contributed by atoms with Crippen molar-refractivity contribution in [2.75, 3.05) is 11.9 Å². The van der Waals surface area contributed by atoms with Crippen LogP contribution in [-0.2, 0) is 13.5 Å². The summed E-state index contributed by atoms with van der Waals surface area (Å²) in [6, 6.07) is 10.1. The van der Waals surface area contributed by atoms with E-state index >= 15 is 0 Å². The van der Waals surface area contributed by atoms with Gasteiger partial charge in [0.05, 0.1) is 6.54 Å². The van der Waals surface area contributed by atoms with Crippen molar-refractivity contribution in [3.05, 3.63) is 52.8 Å². The molecular formula is C17H22N2O. The number of nitrogens with zero attached hydrogens (tertiary/aromatic N) is 1. The Kier molecular flexibility index (Phi) is 4.28. The van der Waals surface area contributed by atoms with Crippen LogP contribution in [0.4, 0.5) is 5.69 Å². The van der Waals surface area contributed by atoms with Crippen molar-refractivity contribution < 1.29 is 4.79 Å². The maximum Gasteiger partial charge on any atom is 0.183 e. The number of carbonyl (C=O) groups excluding carboxylic acids is 1.